The first-order chi connectivity index (χ1) is 6.13. The van der Waals surface area contributed by atoms with Crippen molar-refractivity contribution in [3.8, 4) is 0 Å². The molecule has 0 aromatic heterocycles. The second-order valence-corrected chi connectivity index (χ2v) is 4.34. The summed E-state index contributed by atoms with van der Waals surface area (Å²) in [5.74, 6) is 0.655. The van der Waals surface area contributed by atoms with Crippen molar-refractivity contribution in [1.82, 2.24) is 10.2 Å². The van der Waals surface area contributed by atoms with Crippen molar-refractivity contribution >= 4 is 24.8 Å². The highest BCUT2D eigenvalue weighted by Gasteiger charge is 2.23. The molecule has 0 aromatic carbocycles. The first kappa shape index (κ1) is 17.8. The van der Waals surface area contributed by atoms with Crippen LogP contribution in [0, 0.1) is 5.92 Å². The van der Waals surface area contributed by atoms with Gasteiger partial charge in [-0.15, -0.1) is 24.8 Å². The van der Waals surface area contributed by atoms with Gasteiger partial charge >= 0.3 is 0 Å². The number of aliphatic hydroxyl groups is 1. The van der Waals surface area contributed by atoms with E-state index >= 15 is 0 Å². The van der Waals surface area contributed by atoms with Crippen LogP contribution < -0.4 is 5.32 Å². The Balaban J connectivity index is 0. The molecule has 5 heteroatoms. The molecule has 2 unspecified atom stereocenters. The summed E-state index contributed by atoms with van der Waals surface area (Å²) in [6.07, 6.45) is 0.846. The Bertz CT molecular complexity index is 158. The number of nitrogens with zero attached hydrogens (tertiary/aromatic N) is 1. The fourth-order valence-electron chi connectivity index (χ4n) is 1.89. The molecule has 2 atom stereocenters. The Morgan fingerprint density at radius 3 is 2.33 bits per heavy atom. The van der Waals surface area contributed by atoms with Crippen LogP contribution in [0.3, 0.4) is 0 Å². The molecule has 1 heterocycles. The van der Waals surface area contributed by atoms with Gasteiger partial charge in [-0.1, -0.05) is 13.8 Å². The third-order valence-electron chi connectivity index (χ3n) is 2.88. The fourth-order valence-corrected chi connectivity index (χ4v) is 1.89. The van der Waals surface area contributed by atoms with E-state index in [4.69, 9.17) is 0 Å². The molecule has 0 radical (unpaired) electrons. The minimum Gasteiger partial charge on any atom is -0.392 e. The van der Waals surface area contributed by atoms with E-state index in [1.54, 1.807) is 0 Å². The Morgan fingerprint density at radius 2 is 2.00 bits per heavy atom. The topological polar surface area (TPSA) is 35.5 Å². The van der Waals surface area contributed by atoms with Gasteiger partial charge in [0.15, 0.2) is 0 Å². The molecule has 1 aliphatic heterocycles. The van der Waals surface area contributed by atoms with E-state index in [0.717, 1.165) is 26.1 Å². The molecule has 0 saturated carbocycles. The lowest BCUT2D eigenvalue weighted by molar-refractivity contribution is 0.169. The average Bonchev–Trinajstić information content (AvgIpc) is 2.46. The number of likely N-dealkylation sites (tertiary alicyclic amines) is 1. The van der Waals surface area contributed by atoms with E-state index < -0.39 is 0 Å². The van der Waals surface area contributed by atoms with E-state index in [0.29, 0.717) is 12.0 Å². The van der Waals surface area contributed by atoms with Gasteiger partial charge < -0.3 is 10.4 Å². The van der Waals surface area contributed by atoms with Crippen molar-refractivity contribution < 1.29 is 5.11 Å². The molecular weight excluding hydrogens is 235 g/mol. The molecule has 0 amide bonds. The number of β-amino-alcohol motifs (C(OH)–C–C–N with tert-alkyl or cyclic N) is 1. The molecule has 0 aromatic rings. The highest BCUT2D eigenvalue weighted by Crippen LogP contribution is 2.11. The van der Waals surface area contributed by atoms with Crippen LogP contribution in [0.1, 0.15) is 20.3 Å². The maximum atomic E-state index is 9.36. The summed E-state index contributed by atoms with van der Waals surface area (Å²) in [6.45, 7) is 7.42. The van der Waals surface area contributed by atoms with E-state index in [-0.39, 0.29) is 30.9 Å². The van der Waals surface area contributed by atoms with E-state index in [9.17, 15) is 5.11 Å². The lowest BCUT2D eigenvalue weighted by atomic mass is 10.0. The summed E-state index contributed by atoms with van der Waals surface area (Å²) in [5, 5.41) is 12.7. The third kappa shape index (κ3) is 5.93. The number of rotatable bonds is 4. The summed E-state index contributed by atoms with van der Waals surface area (Å²) in [5.41, 5.74) is 0. The van der Waals surface area contributed by atoms with Crippen LogP contribution in [-0.2, 0) is 0 Å². The molecule has 15 heavy (non-hydrogen) atoms. The quantitative estimate of drug-likeness (QED) is 0.794. The van der Waals surface area contributed by atoms with Gasteiger partial charge in [0.2, 0.25) is 0 Å². The van der Waals surface area contributed by atoms with Crippen LogP contribution in [0.5, 0.6) is 0 Å². The van der Waals surface area contributed by atoms with Gasteiger partial charge in [0.1, 0.15) is 0 Å². The average molecular weight is 259 g/mol. The molecule has 2 N–H and O–H groups in total. The second-order valence-electron chi connectivity index (χ2n) is 4.34. The molecule has 3 nitrogen and oxygen atoms in total. The van der Waals surface area contributed by atoms with Crippen molar-refractivity contribution in [1.29, 1.82) is 0 Å². The zero-order chi connectivity index (χ0) is 9.84. The fraction of sp³-hybridized carbons (Fsp3) is 1.00. The molecule has 0 aliphatic carbocycles. The minimum atomic E-state index is -0.0929. The number of hydrogen-bond donors (Lipinski definition) is 2. The second kappa shape index (κ2) is 8.59. The first-order valence-corrected chi connectivity index (χ1v) is 5.21. The van der Waals surface area contributed by atoms with Crippen molar-refractivity contribution in [2.24, 2.45) is 5.92 Å². The van der Waals surface area contributed by atoms with Crippen LogP contribution in [0.4, 0.5) is 0 Å². The Hall–Kier alpha value is 0.460. The molecule has 1 aliphatic rings. The zero-order valence-electron chi connectivity index (χ0n) is 9.77. The lowest BCUT2D eigenvalue weighted by Crippen LogP contribution is -2.42. The molecule has 94 valence electrons. The highest BCUT2D eigenvalue weighted by molar-refractivity contribution is 5.85. The minimum absolute atomic E-state index is 0. The molecule has 1 fully saturated rings. The van der Waals surface area contributed by atoms with Gasteiger partial charge in [0.05, 0.1) is 6.10 Å². The van der Waals surface area contributed by atoms with Gasteiger partial charge in [-0.25, -0.2) is 0 Å². The van der Waals surface area contributed by atoms with Gasteiger partial charge in [-0.05, 0) is 19.4 Å². The number of hydrogen-bond acceptors (Lipinski definition) is 3. The summed E-state index contributed by atoms with van der Waals surface area (Å²) < 4.78 is 0. The van der Waals surface area contributed by atoms with Gasteiger partial charge in [0, 0.05) is 25.7 Å². The van der Waals surface area contributed by atoms with Crippen LogP contribution in [0.15, 0.2) is 0 Å². The van der Waals surface area contributed by atoms with Crippen molar-refractivity contribution in [3.05, 3.63) is 0 Å². The maximum absolute atomic E-state index is 9.36. The highest BCUT2D eigenvalue weighted by atomic mass is 35.5. The van der Waals surface area contributed by atoms with Crippen LogP contribution in [-0.4, -0.2) is 48.8 Å². The van der Waals surface area contributed by atoms with E-state index in [2.05, 4.69) is 24.1 Å². The maximum Gasteiger partial charge on any atom is 0.0679 e. The van der Waals surface area contributed by atoms with Crippen LogP contribution in [0.2, 0.25) is 0 Å². The molecule has 0 bridgehead atoms. The predicted octanol–water partition coefficient (Wildman–Crippen LogP) is 1.14. The largest absolute Gasteiger partial charge is 0.392 e. The van der Waals surface area contributed by atoms with E-state index in [1.165, 1.54) is 0 Å². The normalized spacial score (nSPS) is 23.4. The summed E-state index contributed by atoms with van der Waals surface area (Å²) in [4.78, 5) is 2.34. The SMILES string of the molecule is CNC(CN1CCC(O)C1)C(C)C.Cl.Cl. The Labute approximate surface area is 105 Å². The lowest BCUT2D eigenvalue weighted by Gasteiger charge is -2.25. The van der Waals surface area contributed by atoms with Gasteiger partial charge in [-0.3, -0.25) is 4.90 Å². The molecule has 1 saturated heterocycles. The smallest absolute Gasteiger partial charge is 0.0679 e. The number of nitrogens with one attached hydrogen (secondary N) is 1. The molecule has 1 rings (SSSR count). The van der Waals surface area contributed by atoms with Gasteiger partial charge in [0.25, 0.3) is 0 Å². The van der Waals surface area contributed by atoms with Gasteiger partial charge in [-0.2, -0.15) is 0 Å². The van der Waals surface area contributed by atoms with E-state index in [1.807, 2.05) is 7.05 Å². The molecular formula is C10H24Cl2N2O. The van der Waals surface area contributed by atoms with Crippen molar-refractivity contribution in [2.75, 3.05) is 26.7 Å². The number of halogens is 2. The van der Waals surface area contributed by atoms with Crippen LogP contribution >= 0.6 is 24.8 Å². The summed E-state index contributed by atoms with van der Waals surface area (Å²) >= 11 is 0. The zero-order valence-corrected chi connectivity index (χ0v) is 11.4. The van der Waals surface area contributed by atoms with Crippen LogP contribution in [0.25, 0.3) is 0 Å². The number of likely N-dealkylation sites (N-methyl/N-ethyl adjacent to an activating group) is 1. The Kier molecular flexibility index (Phi) is 10.2. The first-order valence-electron chi connectivity index (χ1n) is 5.21. The van der Waals surface area contributed by atoms with Crippen molar-refractivity contribution in [3.63, 3.8) is 0 Å². The molecule has 0 spiro atoms. The summed E-state index contributed by atoms with van der Waals surface area (Å²) in [6, 6.07) is 0.547. The van der Waals surface area contributed by atoms with Crippen molar-refractivity contribution in [2.45, 2.75) is 32.4 Å². The third-order valence-corrected chi connectivity index (χ3v) is 2.88. The Morgan fingerprint density at radius 1 is 1.40 bits per heavy atom. The predicted molar refractivity (Wildman–Crippen MR) is 69.2 cm³/mol. The number of aliphatic hydroxyl groups excluding tert-OH is 1. The summed E-state index contributed by atoms with van der Waals surface area (Å²) in [7, 11) is 2.01. The monoisotopic (exact) mass is 258 g/mol. The standard InChI is InChI=1S/C10H22N2O.2ClH/c1-8(2)10(11-3)7-12-5-4-9(13)6-12;;/h8-11,13H,4-7H2,1-3H3;2*1H.